The van der Waals surface area contributed by atoms with E-state index in [-0.39, 0.29) is 28.1 Å². The molecule has 0 bridgehead atoms. The molecule has 1 aromatic heterocycles. The Morgan fingerprint density at radius 1 is 1.15 bits per heavy atom. The minimum Gasteiger partial charge on any atom is -0.384 e. The van der Waals surface area contributed by atoms with Crippen molar-refractivity contribution in [1.29, 1.82) is 0 Å². The molecule has 8 nitrogen and oxygen atoms in total. The molecule has 1 heterocycles. The number of nitrogens with two attached hydrogens (primary N) is 1. The Hall–Kier alpha value is -3.24. The Kier molecular flexibility index (Phi) is 6.46. The largest absolute Gasteiger partial charge is 0.384 e. The average molecular weight is 504 g/mol. The number of sulfone groups is 1. The summed E-state index contributed by atoms with van der Waals surface area (Å²) in [5, 5.41) is 5.13. The van der Waals surface area contributed by atoms with E-state index in [4.69, 9.17) is 17.3 Å². The first-order chi connectivity index (χ1) is 16.2. The standard InChI is InChI=1S/C23H23ClFN5O3S/c1-14-2-7-18(17(24)12-14)34(32,33)23(8-9-23)19-13-20(26)30-21(29-19)15-3-5-16(6-4-15)28-22(31)27-11-10-25/h2-7,12-13H,8-11H2,1H3,(H2,26,29,30)(H2,27,28,31). The summed E-state index contributed by atoms with van der Waals surface area (Å²) in [7, 11) is -3.83. The van der Waals surface area contributed by atoms with Gasteiger partial charge in [0, 0.05) is 23.9 Å². The van der Waals surface area contributed by atoms with Crippen LogP contribution in [0.15, 0.2) is 53.4 Å². The number of carbonyl (C=O) groups is 1. The third-order valence-electron chi connectivity index (χ3n) is 5.59. The van der Waals surface area contributed by atoms with Gasteiger partial charge in [-0.05, 0) is 61.7 Å². The highest BCUT2D eigenvalue weighted by atomic mass is 35.5. The third kappa shape index (κ3) is 4.55. The Morgan fingerprint density at radius 3 is 2.47 bits per heavy atom. The fourth-order valence-electron chi connectivity index (χ4n) is 3.68. The lowest BCUT2D eigenvalue weighted by atomic mass is 10.1. The number of hydrogen-bond donors (Lipinski definition) is 3. The molecule has 0 saturated heterocycles. The molecule has 34 heavy (non-hydrogen) atoms. The molecule has 0 atom stereocenters. The third-order valence-corrected chi connectivity index (χ3v) is 8.60. The number of nitrogens with one attached hydrogen (secondary N) is 2. The van der Waals surface area contributed by atoms with Crippen molar-refractivity contribution in [2.45, 2.75) is 29.4 Å². The van der Waals surface area contributed by atoms with Gasteiger partial charge in [0.2, 0.25) is 0 Å². The molecular weight excluding hydrogens is 481 g/mol. The first-order valence-electron chi connectivity index (χ1n) is 10.5. The zero-order valence-electron chi connectivity index (χ0n) is 18.3. The number of carbonyl (C=O) groups excluding carboxylic acids is 1. The lowest BCUT2D eigenvalue weighted by Crippen LogP contribution is -2.30. The molecule has 1 fully saturated rings. The smallest absolute Gasteiger partial charge is 0.319 e. The van der Waals surface area contributed by atoms with E-state index in [1.54, 1.807) is 36.4 Å². The fourth-order valence-corrected chi connectivity index (χ4v) is 6.22. The summed E-state index contributed by atoms with van der Waals surface area (Å²) in [4.78, 5) is 20.6. The number of amides is 2. The Bertz CT molecular complexity index is 1350. The number of halogens is 2. The van der Waals surface area contributed by atoms with Crippen molar-refractivity contribution in [1.82, 2.24) is 15.3 Å². The van der Waals surface area contributed by atoms with Crippen LogP contribution in [0, 0.1) is 6.92 Å². The van der Waals surface area contributed by atoms with Gasteiger partial charge in [-0.3, -0.25) is 0 Å². The molecule has 0 unspecified atom stereocenters. The minimum atomic E-state index is -3.83. The highest BCUT2D eigenvalue weighted by Crippen LogP contribution is 2.55. The first kappa shape index (κ1) is 23.9. The molecule has 1 aliphatic carbocycles. The summed E-state index contributed by atoms with van der Waals surface area (Å²) >= 11 is 6.28. The first-order valence-corrected chi connectivity index (χ1v) is 12.4. The van der Waals surface area contributed by atoms with Crippen LogP contribution in [0.3, 0.4) is 0 Å². The van der Waals surface area contributed by atoms with Crippen LogP contribution in [-0.4, -0.2) is 37.6 Å². The second kappa shape index (κ2) is 9.19. The van der Waals surface area contributed by atoms with Gasteiger partial charge >= 0.3 is 6.03 Å². The van der Waals surface area contributed by atoms with Crippen LogP contribution in [0.4, 0.5) is 20.7 Å². The summed E-state index contributed by atoms with van der Waals surface area (Å²) in [5.74, 6) is 0.407. The molecule has 2 aromatic carbocycles. The number of nitrogen functional groups attached to an aromatic ring is 1. The van der Waals surface area contributed by atoms with Crippen LogP contribution >= 0.6 is 11.6 Å². The maximum atomic E-state index is 13.6. The number of nitrogens with zero attached hydrogens (tertiary/aromatic N) is 2. The monoisotopic (exact) mass is 503 g/mol. The van der Waals surface area contributed by atoms with Crippen molar-refractivity contribution in [3.63, 3.8) is 0 Å². The van der Waals surface area contributed by atoms with Crippen LogP contribution in [-0.2, 0) is 14.6 Å². The van der Waals surface area contributed by atoms with Crippen LogP contribution < -0.4 is 16.4 Å². The molecule has 3 aromatic rings. The maximum absolute atomic E-state index is 13.6. The molecular formula is C23H23ClFN5O3S. The molecule has 4 rings (SSSR count). The van der Waals surface area contributed by atoms with E-state index in [0.717, 1.165) is 5.56 Å². The van der Waals surface area contributed by atoms with Crippen molar-refractivity contribution < 1.29 is 17.6 Å². The van der Waals surface area contributed by atoms with E-state index in [9.17, 15) is 17.6 Å². The van der Waals surface area contributed by atoms with Crippen LogP contribution in [0.5, 0.6) is 0 Å². The Morgan fingerprint density at radius 2 is 1.85 bits per heavy atom. The number of benzene rings is 2. The van der Waals surface area contributed by atoms with E-state index in [1.807, 2.05) is 6.92 Å². The van der Waals surface area contributed by atoms with E-state index in [0.29, 0.717) is 29.8 Å². The number of alkyl halides is 1. The number of anilines is 2. The van der Waals surface area contributed by atoms with E-state index >= 15 is 0 Å². The number of urea groups is 1. The molecule has 1 aliphatic rings. The molecule has 178 valence electrons. The zero-order chi connectivity index (χ0) is 24.5. The molecule has 0 radical (unpaired) electrons. The van der Waals surface area contributed by atoms with E-state index in [2.05, 4.69) is 20.6 Å². The summed E-state index contributed by atoms with van der Waals surface area (Å²) in [5.41, 5.74) is 8.28. The average Bonchev–Trinajstić information content (AvgIpc) is 3.60. The van der Waals surface area contributed by atoms with Gasteiger partial charge in [-0.15, -0.1) is 0 Å². The number of aromatic nitrogens is 2. The van der Waals surface area contributed by atoms with Gasteiger partial charge in [0.1, 0.15) is 17.2 Å². The molecule has 2 amide bonds. The summed E-state index contributed by atoms with van der Waals surface area (Å²) in [6, 6.07) is 12.4. The summed E-state index contributed by atoms with van der Waals surface area (Å²) in [6.07, 6.45) is 0.790. The zero-order valence-corrected chi connectivity index (χ0v) is 19.9. The summed E-state index contributed by atoms with van der Waals surface area (Å²) < 4.78 is 38.1. The molecule has 4 N–H and O–H groups in total. The lowest BCUT2D eigenvalue weighted by molar-refractivity contribution is 0.251. The molecule has 0 aliphatic heterocycles. The van der Waals surface area contributed by atoms with Crippen LogP contribution in [0.1, 0.15) is 24.1 Å². The predicted molar refractivity (Wildman–Crippen MR) is 129 cm³/mol. The number of hydrogen-bond acceptors (Lipinski definition) is 6. The van der Waals surface area contributed by atoms with Gasteiger partial charge < -0.3 is 16.4 Å². The van der Waals surface area contributed by atoms with Gasteiger partial charge in [0.25, 0.3) is 0 Å². The van der Waals surface area contributed by atoms with Gasteiger partial charge in [-0.2, -0.15) is 0 Å². The minimum absolute atomic E-state index is 0.0671. The quantitative estimate of drug-likeness (QED) is 0.442. The lowest BCUT2D eigenvalue weighted by Gasteiger charge is -2.18. The topological polar surface area (TPSA) is 127 Å². The van der Waals surface area contributed by atoms with Crippen molar-refractivity contribution in [2.24, 2.45) is 0 Å². The molecule has 1 saturated carbocycles. The fraction of sp³-hybridized carbons (Fsp3) is 0.261. The number of rotatable bonds is 7. The van der Waals surface area contributed by atoms with Crippen molar-refractivity contribution >= 4 is 39.0 Å². The van der Waals surface area contributed by atoms with Crippen molar-refractivity contribution in [3.8, 4) is 11.4 Å². The van der Waals surface area contributed by atoms with Crippen LogP contribution in [0.25, 0.3) is 11.4 Å². The van der Waals surface area contributed by atoms with Gasteiger partial charge in [-0.25, -0.2) is 27.6 Å². The Balaban J connectivity index is 1.64. The van der Waals surface area contributed by atoms with Crippen molar-refractivity contribution in [3.05, 3.63) is 64.8 Å². The second-order valence-electron chi connectivity index (χ2n) is 8.08. The van der Waals surface area contributed by atoms with E-state index in [1.165, 1.54) is 12.1 Å². The van der Waals surface area contributed by atoms with Gasteiger partial charge in [-0.1, -0.05) is 17.7 Å². The van der Waals surface area contributed by atoms with E-state index < -0.39 is 27.3 Å². The highest BCUT2D eigenvalue weighted by Gasteiger charge is 2.58. The second-order valence-corrected chi connectivity index (χ2v) is 10.7. The van der Waals surface area contributed by atoms with Gasteiger partial charge in [0.05, 0.1) is 15.6 Å². The Labute approximate surface area is 201 Å². The number of aryl methyl sites for hydroxylation is 1. The molecule has 11 heteroatoms. The highest BCUT2D eigenvalue weighted by molar-refractivity contribution is 7.92. The van der Waals surface area contributed by atoms with Gasteiger partial charge in [0.15, 0.2) is 15.7 Å². The SMILES string of the molecule is Cc1ccc(S(=O)(=O)C2(c3cc(N)nc(-c4ccc(NC(=O)NCCF)cc4)n3)CC2)c(Cl)c1. The summed E-state index contributed by atoms with van der Waals surface area (Å²) in [6.45, 7) is 1.10. The van der Waals surface area contributed by atoms with Crippen LogP contribution in [0.2, 0.25) is 5.02 Å². The van der Waals surface area contributed by atoms with Crippen molar-refractivity contribution in [2.75, 3.05) is 24.3 Å². The maximum Gasteiger partial charge on any atom is 0.319 e. The predicted octanol–water partition coefficient (Wildman–Crippen LogP) is 4.24. The normalized spacial score (nSPS) is 14.4. The molecule has 0 spiro atoms.